The summed E-state index contributed by atoms with van der Waals surface area (Å²) in [5.41, 5.74) is 8.18. The normalized spacial score (nSPS) is 20.7. The van der Waals surface area contributed by atoms with Crippen LogP contribution in [0.15, 0.2) is 18.2 Å². The van der Waals surface area contributed by atoms with Crippen LogP contribution in [0, 0.1) is 12.8 Å². The van der Waals surface area contributed by atoms with Crippen LogP contribution in [0.2, 0.25) is 0 Å². The first kappa shape index (κ1) is 16.5. The lowest BCUT2D eigenvalue weighted by molar-refractivity contribution is -0.117. The van der Waals surface area contributed by atoms with E-state index >= 15 is 0 Å². The van der Waals surface area contributed by atoms with Gasteiger partial charge in [-0.05, 0) is 43.4 Å². The number of carbonyl (C=O) groups is 2. The first-order chi connectivity index (χ1) is 10.4. The highest BCUT2D eigenvalue weighted by Crippen LogP contribution is 2.27. The van der Waals surface area contributed by atoms with Crippen molar-refractivity contribution in [1.82, 2.24) is 4.90 Å². The second kappa shape index (κ2) is 6.92. The largest absolute Gasteiger partial charge is 0.345 e. The van der Waals surface area contributed by atoms with Gasteiger partial charge in [-0.15, -0.1) is 0 Å². The van der Waals surface area contributed by atoms with Gasteiger partial charge in [0.15, 0.2) is 0 Å². The van der Waals surface area contributed by atoms with Gasteiger partial charge >= 0.3 is 0 Å². The Morgan fingerprint density at radius 1 is 1.32 bits per heavy atom. The molecular formula is C17H25N3O2. The molecule has 0 spiro atoms. The Kier molecular flexibility index (Phi) is 5.19. The van der Waals surface area contributed by atoms with Crippen molar-refractivity contribution in [3.63, 3.8) is 0 Å². The molecule has 1 aliphatic carbocycles. The molecule has 22 heavy (non-hydrogen) atoms. The van der Waals surface area contributed by atoms with E-state index in [1.165, 1.54) is 4.90 Å². The predicted octanol–water partition coefficient (Wildman–Crippen LogP) is 2.15. The van der Waals surface area contributed by atoms with Crippen molar-refractivity contribution >= 4 is 17.5 Å². The molecule has 0 radical (unpaired) electrons. The second-order valence-electron chi connectivity index (χ2n) is 6.34. The number of anilines is 1. The van der Waals surface area contributed by atoms with Crippen molar-refractivity contribution in [2.45, 2.75) is 38.6 Å². The molecule has 3 N–H and O–H groups in total. The van der Waals surface area contributed by atoms with Gasteiger partial charge in [-0.3, -0.25) is 9.59 Å². The number of benzene rings is 1. The number of aryl methyl sites for hydroxylation is 1. The van der Waals surface area contributed by atoms with Gasteiger partial charge in [-0.1, -0.05) is 12.5 Å². The number of rotatable bonds is 4. The monoisotopic (exact) mass is 303 g/mol. The molecule has 0 heterocycles. The van der Waals surface area contributed by atoms with E-state index in [2.05, 4.69) is 5.32 Å². The predicted molar refractivity (Wildman–Crippen MR) is 87.8 cm³/mol. The fourth-order valence-electron chi connectivity index (χ4n) is 2.94. The fourth-order valence-corrected chi connectivity index (χ4v) is 2.94. The molecule has 0 unspecified atom stereocenters. The molecule has 5 nitrogen and oxygen atoms in total. The molecule has 1 fully saturated rings. The highest BCUT2D eigenvalue weighted by Gasteiger charge is 2.26. The smallest absolute Gasteiger partial charge is 0.253 e. The van der Waals surface area contributed by atoms with Gasteiger partial charge in [0.05, 0.1) is 0 Å². The number of amides is 2. The molecule has 1 aromatic rings. The summed E-state index contributed by atoms with van der Waals surface area (Å²) >= 11 is 0. The molecule has 2 amide bonds. The first-order valence-corrected chi connectivity index (χ1v) is 7.76. The molecule has 1 saturated carbocycles. The maximum Gasteiger partial charge on any atom is 0.253 e. The van der Waals surface area contributed by atoms with Crippen molar-refractivity contribution in [2.24, 2.45) is 11.7 Å². The zero-order chi connectivity index (χ0) is 16.3. The quantitative estimate of drug-likeness (QED) is 0.895. The zero-order valence-electron chi connectivity index (χ0n) is 13.6. The van der Waals surface area contributed by atoms with Crippen LogP contribution in [0.25, 0.3) is 0 Å². The lowest BCUT2D eigenvalue weighted by Gasteiger charge is -2.16. The van der Waals surface area contributed by atoms with Crippen LogP contribution in [-0.2, 0) is 4.79 Å². The Balaban J connectivity index is 2.05. The Morgan fingerprint density at radius 2 is 2.05 bits per heavy atom. The summed E-state index contributed by atoms with van der Waals surface area (Å²) < 4.78 is 0. The van der Waals surface area contributed by atoms with Gasteiger partial charge in [-0.25, -0.2) is 0 Å². The average molecular weight is 303 g/mol. The van der Waals surface area contributed by atoms with Crippen LogP contribution >= 0.6 is 0 Å². The summed E-state index contributed by atoms with van der Waals surface area (Å²) in [6.45, 7) is 1.89. The van der Waals surface area contributed by atoms with Gasteiger partial charge in [0, 0.05) is 37.8 Å². The number of nitrogens with zero attached hydrogens (tertiary/aromatic N) is 1. The Morgan fingerprint density at radius 3 is 2.64 bits per heavy atom. The fraction of sp³-hybridized carbons (Fsp3) is 0.529. The van der Waals surface area contributed by atoms with Crippen molar-refractivity contribution in [2.75, 3.05) is 19.4 Å². The van der Waals surface area contributed by atoms with E-state index in [4.69, 9.17) is 5.73 Å². The molecule has 120 valence electrons. The molecule has 5 heteroatoms. The van der Waals surface area contributed by atoms with Crippen LogP contribution in [0.4, 0.5) is 5.69 Å². The van der Waals surface area contributed by atoms with E-state index in [1.807, 2.05) is 19.1 Å². The summed E-state index contributed by atoms with van der Waals surface area (Å²) in [7, 11) is 3.43. The van der Waals surface area contributed by atoms with Crippen molar-refractivity contribution in [3.8, 4) is 0 Å². The molecular weight excluding hydrogens is 278 g/mol. The maximum atomic E-state index is 12.2. The summed E-state index contributed by atoms with van der Waals surface area (Å²) in [6.07, 6.45) is 3.58. The van der Waals surface area contributed by atoms with Crippen LogP contribution in [0.5, 0.6) is 0 Å². The maximum absolute atomic E-state index is 12.2. The minimum Gasteiger partial charge on any atom is -0.345 e. The molecule has 2 rings (SSSR count). The Bertz CT molecular complexity index is 569. The van der Waals surface area contributed by atoms with Crippen LogP contribution in [0.1, 0.15) is 41.6 Å². The van der Waals surface area contributed by atoms with Crippen LogP contribution in [-0.4, -0.2) is 36.9 Å². The molecule has 0 saturated heterocycles. The Labute approximate surface area is 131 Å². The summed E-state index contributed by atoms with van der Waals surface area (Å²) in [4.78, 5) is 25.8. The highest BCUT2D eigenvalue weighted by molar-refractivity contribution is 5.98. The van der Waals surface area contributed by atoms with Gasteiger partial charge in [0.1, 0.15) is 0 Å². The number of carbonyl (C=O) groups excluding carboxylic acids is 2. The number of hydrogen-bond acceptors (Lipinski definition) is 3. The first-order valence-electron chi connectivity index (χ1n) is 7.76. The number of hydrogen-bond donors (Lipinski definition) is 2. The molecule has 1 aromatic carbocycles. The van der Waals surface area contributed by atoms with Gasteiger partial charge in [-0.2, -0.15) is 0 Å². The summed E-state index contributed by atoms with van der Waals surface area (Å²) in [6, 6.07) is 5.56. The zero-order valence-corrected chi connectivity index (χ0v) is 13.6. The van der Waals surface area contributed by atoms with E-state index in [1.54, 1.807) is 20.2 Å². The summed E-state index contributed by atoms with van der Waals surface area (Å²) in [5.74, 6) is 0.175. The van der Waals surface area contributed by atoms with Gasteiger partial charge in [0.2, 0.25) is 5.91 Å². The van der Waals surface area contributed by atoms with Crippen LogP contribution < -0.4 is 11.1 Å². The standard InChI is InChI=1S/C17H25N3O2/c1-11-7-8-13(10-14(11)17(22)20(2)3)19-16(21)9-12-5-4-6-15(12)18/h7-8,10,12,15H,4-6,9,18H2,1-3H3,(H,19,21)/t12-,15+/m0/s1. The molecule has 1 aliphatic rings. The van der Waals surface area contributed by atoms with E-state index in [-0.39, 0.29) is 23.8 Å². The molecule has 2 atom stereocenters. The van der Waals surface area contributed by atoms with E-state index in [0.29, 0.717) is 17.7 Å². The van der Waals surface area contributed by atoms with E-state index in [0.717, 1.165) is 24.8 Å². The third kappa shape index (κ3) is 3.85. The number of nitrogens with one attached hydrogen (secondary N) is 1. The summed E-state index contributed by atoms with van der Waals surface area (Å²) in [5, 5.41) is 2.89. The van der Waals surface area contributed by atoms with Gasteiger partial charge in [0.25, 0.3) is 5.91 Å². The minimum atomic E-state index is -0.0635. The van der Waals surface area contributed by atoms with Crippen molar-refractivity contribution in [3.05, 3.63) is 29.3 Å². The third-order valence-electron chi connectivity index (χ3n) is 4.32. The topological polar surface area (TPSA) is 75.4 Å². The van der Waals surface area contributed by atoms with Crippen molar-refractivity contribution < 1.29 is 9.59 Å². The van der Waals surface area contributed by atoms with E-state index < -0.39 is 0 Å². The molecule has 0 aliphatic heterocycles. The number of nitrogens with two attached hydrogens (primary N) is 1. The average Bonchev–Trinajstić information content (AvgIpc) is 2.85. The SMILES string of the molecule is Cc1ccc(NC(=O)C[C@@H]2CCC[C@H]2N)cc1C(=O)N(C)C. The third-order valence-corrected chi connectivity index (χ3v) is 4.32. The van der Waals surface area contributed by atoms with Gasteiger partial charge < -0.3 is 16.0 Å². The van der Waals surface area contributed by atoms with Crippen LogP contribution in [0.3, 0.4) is 0 Å². The molecule has 0 bridgehead atoms. The Hall–Kier alpha value is -1.88. The lowest BCUT2D eigenvalue weighted by Crippen LogP contribution is -2.28. The van der Waals surface area contributed by atoms with Crippen molar-refractivity contribution in [1.29, 1.82) is 0 Å². The second-order valence-corrected chi connectivity index (χ2v) is 6.34. The molecule has 0 aromatic heterocycles. The highest BCUT2D eigenvalue weighted by atomic mass is 16.2. The lowest BCUT2D eigenvalue weighted by atomic mass is 9.99. The van der Waals surface area contributed by atoms with E-state index in [9.17, 15) is 9.59 Å². The minimum absolute atomic E-state index is 0.0329.